The Hall–Kier alpha value is -8.49. The molecular weight excluding hydrogens is 734 g/mol. The Labute approximate surface area is 312 Å². The predicted octanol–water partition coefficient (Wildman–Crippen LogP) is 2.34. The normalized spacial score (nSPS) is 11.0. The number of aromatic hydroxyl groups is 3. The second kappa shape index (κ2) is 14.5. The molecule has 7 rings (SSSR count). The molecule has 0 bridgehead atoms. The van der Waals surface area contributed by atoms with Gasteiger partial charge in [-0.3, -0.25) is 4.79 Å². The fraction of sp³-hybridized carbons (Fsp3) is 0.0571. The van der Waals surface area contributed by atoms with Gasteiger partial charge in [0.2, 0.25) is 0 Å². The number of phenols is 3. The topological polar surface area (TPSA) is 307 Å². The number of pyridine rings is 1. The molecule has 0 fully saturated rings. The van der Waals surface area contributed by atoms with Gasteiger partial charge in [0.1, 0.15) is 45.3 Å². The average molecular weight is 760 g/mol. The number of nitrogens with one attached hydrogen (secondary N) is 1. The molecule has 3 aromatic carbocycles. The lowest BCUT2D eigenvalue weighted by molar-refractivity contribution is 0.0682. The lowest BCUT2D eigenvalue weighted by atomic mass is 10.1. The van der Waals surface area contributed by atoms with E-state index in [2.05, 4.69) is 41.2 Å². The van der Waals surface area contributed by atoms with Crippen molar-refractivity contribution in [1.29, 1.82) is 0 Å². The third-order valence-corrected chi connectivity index (χ3v) is 8.24. The van der Waals surface area contributed by atoms with E-state index in [1.807, 2.05) is 0 Å². The molecule has 0 saturated carbocycles. The standard InChI is InChI=1S/C35H25N11O10/c47-29-11-19(1-4-22(29)33(51)52)44-14-18(38-41-44)7-8-36-32(50)17-9-25(27-15-45(42-39-27)20-2-5-23(34(53)54)30(48)12-20)37-26(10-17)28-16-46(43-40-28)21-3-6-24(35(55)56)31(49)13-21/h1-6,9-16,47-49H,7-8H2,(H,36,50)(H,51,52)(H,53,54)(H,55,56). The van der Waals surface area contributed by atoms with Crippen LogP contribution in [0.4, 0.5) is 0 Å². The van der Waals surface area contributed by atoms with Crippen LogP contribution in [0.15, 0.2) is 85.3 Å². The molecule has 7 aromatic rings. The number of hydrogen-bond donors (Lipinski definition) is 7. The Bertz CT molecular complexity index is 2580. The summed E-state index contributed by atoms with van der Waals surface area (Å²) in [4.78, 5) is 52.1. The van der Waals surface area contributed by atoms with Crippen molar-refractivity contribution in [3.8, 4) is 57.1 Å². The van der Waals surface area contributed by atoms with Crippen LogP contribution in [0.25, 0.3) is 39.8 Å². The zero-order valence-corrected chi connectivity index (χ0v) is 28.3. The highest BCUT2D eigenvalue weighted by atomic mass is 16.4. The largest absolute Gasteiger partial charge is 0.507 e. The summed E-state index contributed by atoms with van der Waals surface area (Å²) in [6, 6.07) is 14.5. The second-order valence-corrected chi connectivity index (χ2v) is 11.9. The smallest absolute Gasteiger partial charge is 0.339 e. The number of aromatic nitrogens is 10. The first-order valence-electron chi connectivity index (χ1n) is 16.1. The summed E-state index contributed by atoms with van der Waals surface area (Å²) in [6.45, 7) is 0.103. The molecule has 0 spiro atoms. The molecule has 7 N–H and O–H groups in total. The van der Waals surface area contributed by atoms with Crippen LogP contribution in [-0.4, -0.2) is 111 Å². The average Bonchev–Trinajstić information content (AvgIpc) is 3.96. The first kappa shape index (κ1) is 35.9. The van der Waals surface area contributed by atoms with Crippen LogP contribution in [0.5, 0.6) is 17.2 Å². The van der Waals surface area contributed by atoms with Gasteiger partial charge in [-0.2, -0.15) is 0 Å². The Kier molecular flexibility index (Phi) is 9.29. The maximum atomic E-state index is 13.6. The Morgan fingerprint density at radius 2 is 0.946 bits per heavy atom. The number of benzene rings is 3. The molecule has 0 saturated heterocycles. The molecular formula is C35H25N11O10. The predicted molar refractivity (Wildman–Crippen MR) is 188 cm³/mol. The van der Waals surface area contributed by atoms with Crippen molar-refractivity contribution in [1.82, 2.24) is 55.3 Å². The Morgan fingerprint density at radius 1 is 0.536 bits per heavy atom. The number of nitrogens with zero attached hydrogens (tertiary/aromatic N) is 10. The Balaban J connectivity index is 1.15. The third kappa shape index (κ3) is 7.25. The van der Waals surface area contributed by atoms with Crippen LogP contribution in [0, 0.1) is 0 Å². The lowest BCUT2D eigenvalue weighted by Crippen LogP contribution is -2.26. The van der Waals surface area contributed by atoms with Gasteiger partial charge in [0.15, 0.2) is 0 Å². The molecule has 4 aromatic heterocycles. The van der Waals surface area contributed by atoms with Gasteiger partial charge < -0.3 is 36.0 Å². The van der Waals surface area contributed by atoms with E-state index < -0.39 is 41.1 Å². The van der Waals surface area contributed by atoms with E-state index in [0.29, 0.717) is 11.4 Å². The van der Waals surface area contributed by atoms with Crippen LogP contribution < -0.4 is 5.32 Å². The van der Waals surface area contributed by atoms with Crippen LogP contribution >= 0.6 is 0 Å². The van der Waals surface area contributed by atoms with Gasteiger partial charge in [0.05, 0.1) is 52.7 Å². The number of hydrogen-bond acceptors (Lipinski definition) is 14. The van der Waals surface area contributed by atoms with Crippen molar-refractivity contribution in [3.63, 3.8) is 0 Å². The first-order valence-corrected chi connectivity index (χ1v) is 16.1. The molecule has 1 amide bonds. The highest BCUT2D eigenvalue weighted by Gasteiger charge is 2.19. The number of carboxylic acids is 3. The van der Waals surface area contributed by atoms with Gasteiger partial charge in [-0.1, -0.05) is 15.6 Å². The van der Waals surface area contributed by atoms with Gasteiger partial charge >= 0.3 is 17.9 Å². The van der Waals surface area contributed by atoms with E-state index in [4.69, 9.17) is 5.11 Å². The summed E-state index contributed by atoms with van der Waals surface area (Å²) in [7, 11) is 0. The van der Waals surface area contributed by atoms with Crippen LogP contribution in [0.1, 0.15) is 47.1 Å². The number of carbonyl (C=O) groups excluding carboxylic acids is 1. The van der Waals surface area contributed by atoms with Crippen molar-refractivity contribution >= 4 is 23.8 Å². The van der Waals surface area contributed by atoms with Crippen molar-refractivity contribution in [2.24, 2.45) is 0 Å². The third-order valence-electron chi connectivity index (χ3n) is 8.24. The zero-order chi connectivity index (χ0) is 39.7. The summed E-state index contributed by atoms with van der Waals surface area (Å²) >= 11 is 0. The fourth-order valence-electron chi connectivity index (χ4n) is 5.41. The van der Waals surface area contributed by atoms with Gasteiger partial charge in [0, 0.05) is 36.7 Å². The Morgan fingerprint density at radius 3 is 1.36 bits per heavy atom. The molecule has 0 unspecified atom stereocenters. The maximum Gasteiger partial charge on any atom is 0.339 e. The number of carboxylic acid groups (broad SMARTS) is 3. The summed E-state index contributed by atoms with van der Waals surface area (Å²) in [5, 5.41) is 85.4. The minimum atomic E-state index is -1.32. The van der Waals surface area contributed by atoms with E-state index in [0.717, 1.165) is 0 Å². The SMILES string of the molecule is O=C(NCCc1cn(-c2ccc(C(=O)O)c(O)c2)nn1)c1cc(-c2cn(-c3ccc(C(=O)O)c(O)c3)nn2)nc(-c2cn(-c3ccc(C(=O)O)c(O)c3)nn2)c1. The number of amides is 1. The number of aromatic carboxylic acids is 3. The van der Waals surface area contributed by atoms with E-state index >= 15 is 0 Å². The molecule has 21 nitrogen and oxygen atoms in total. The first-order chi connectivity index (χ1) is 26.8. The fourth-order valence-corrected chi connectivity index (χ4v) is 5.41. The van der Waals surface area contributed by atoms with E-state index in [1.165, 1.54) is 93.2 Å². The highest BCUT2D eigenvalue weighted by molar-refractivity contribution is 5.96. The molecule has 4 heterocycles. The minimum Gasteiger partial charge on any atom is -0.507 e. The van der Waals surface area contributed by atoms with E-state index in [-0.39, 0.29) is 69.4 Å². The molecule has 0 atom stereocenters. The highest BCUT2D eigenvalue weighted by Crippen LogP contribution is 2.27. The van der Waals surface area contributed by atoms with Crippen LogP contribution in [0.3, 0.4) is 0 Å². The summed E-state index contributed by atoms with van der Waals surface area (Å²) in [6.07, 6.45) is 4.69. The molecule has 0 aliphatic heterocycles. The van der Waals surface area contributed by atoms with E-state index in [1.54, 1.807) is 6.20 Å². The maximum absolute atomic E-state index is 13.6. The molecule has 21 heteroatoms. The molecule has 0 aliphatic carbocycles. The van der Waals surface area contributed by atoms with E-state index in [9.17, 15) is 44.7 Å². The molecule has 0 radical (unpaired) electrons. The number of carbonyl (C=O) groups is 4. The second-order valence-electron chi connectivity index (χ2n) is 11.9. The monoisotopic (exact) mass is 759 g/mol. The lowest BCUT2D eigenvalue weighted by Gasteiger charge is -2.08. The van der Waals surface area contributed by atoms with Crippen molar-refractivity contribution in [3.05, 3.63) is 113 Å². The van der Waals surface area contributed by atoms with Gasteiger partial charge in [0.25, 0.3) is 5.91 Å². The minimum absolute atomic E-state index is 0.103. The summed E-state index contributed by atoms with van der Waals surface area (Å²) in [5.74, 6) is -5.87. The molecule has 56 heavy (non-hydrogen) atoms. The molecule has 0 aliphatic rings. The summed E-state index contributed by atoms with van der Waals surface area (Å²) < 4.78 is 3.88. The van der Waals surface area contributed by atoms with Crippen molar-refractivity contribution in [2.45, 2.75) is 6.42 Å². The van der Waals surface area contributed by atoms with Crippen molar-refractivity contribution < 1.29 is 49.8 Å². The van der Waals surface area contributed by atoms with Gasteiger partial charge in [-0.15, -0.1) is 15.3 Å². The van der Waals surface area contributed by atoms with Gasteiger partial charge in [-0.05, 0) is 48.5 Å². The van der Waals surface area contributed by atoms with Crippen LogP contribution in [-0.2, 0) is 6.42 Å². The number of rotatable bonds is 12. The molecule has 280 valence electrons. The zero-order valence-electron chi connectivity index (χ0n) is 28.3. The van der Waals surface area contributed by atoms with Crippen molar-refractivity contribution in [2.75, 3.05) is 6.54 Å². The van der Waals surface area contributed by atoms with Gasteiger partial charge in [-0.25, -0.2) is 33.4 Å². The quantitative estimate of drug-likeness (QED) is 0.0940. The summed E-state index contributed by atoms with van der Waals surface area (Å²) in [5.41, 5.74) is 1.35. The van der Waals surface area contributed by atoms with Crippen LogP contribution in [0.2, 0.25) is 0 Å².